The van der Waals surface area contributed by atoms with Crippen LogP contribution in [0.5, 0.6) is 5.75 Å². The van der Waals surface area contributed by atoms with Gasteiger partial charge in [0.05, 0.1) is 10.4 Å². The molecule has 94 valence electrons. The molecule has 0 saturated heterocycles. The Hall–Kier alpha value is -1.39. The van der Waals surface area contributed by atoms with E-state index >= 15 is 0 Å². The highest BCUT2D eigenvalue weighted by molar-refractivity contribution is 7.09. The van der Waals surface area contributed by atoms with Gasteiger partial charge in [0.15, 0.2) is 0 Å². The summed E-state index contributed by atoms with van der Waals surface area (Å²) in [4.78, 5) is 5.20. The van der Waals surface area contributed by atoms with Crippen molar-refractivity contribution in [1.29, 1.82) is 0 Å². The molecule has 1 atom stereocenters. The molecule has 1 aliphatic carbocycles. The molecule has 4 heteroatoms. The van der Waals surface area contributed by atoms with Crippen molar-refractivity contribution >= 4 is 11.3 Å². The van der Waals surface area contributed by atoms with Crippen LogP contribution in [0.4, 0.5) is 0 Å². The normalized spacial score (nSPS) is 17.7. The monoisotopic (exact) mass is 260 g/mol. The molecule has 1 heterocycles. The quantitative estimate of drug-likeness (QED) is 0.917. The second kappa shape index (κ2) is 5.08. The van der Waals surface area contributed by atoms with E-state index in [2.05, 4.69) is 28.5 Å². The number of thiazole rings is 1. The lowest BCUT2D eigenvalue weighted by Crippen LogP contribution is -2.12. The molecule has 0 saturated carbocycles. The second-order valence-electron chi connectivity index (χ2n) is 4.50. The van der Waals surface area contributed by atoms with Crippen LogP contribution in [-0.2, 0) is 13.0 Å². The fraction of sp³-hybridized carbons (Fsp3) is 0.357. The zero-order chi connectivity index (χ0) is 12.4. The first-order valence-electron chi connectivity index (χ1n) is 6.17. The zero-order valence-corrected chi connectivity index (χ0v) is 11.2. The number of aromatic nitrogens is 1. The Kier molecular flexibility index (Phi) is 3.30. The number of fused-ring (bicyclic) bond motifs is 1. The van der Waals surface area contributed by atoms with Gasteiger partial charge < -0.3 is 10.1 Å². The Bertz CT molecular complexity index is 525. The minimum Gasteiger partial charge on any atom is -0.488 e. The number of benzene rings is 1. The number of hydrogen-bond donors (Lipinski definition) is 1. The summed E-state index contributed by atoms with van der Waals surface area (Å²) in [6, 6.07) is 6.94. The summed E-state index contributed by atoms with van der Waals surface area (Å²) in [6.45, 7) is 0.610. The maximum absolute atomic E-state index is 5.79. The molecule has 0 radical (unpaired) electrons. The minimum atomic E-state index is 0.510. The van der Waals surface area contributed by atoms with Gasteiger partial charge in [-0.2, -0.15) is 0 Å². The topological polar surface area (TPSA) is 34.1 Å². The van der Waals surface area contributed by atoms with E-state index in [1.165, 1.54) is 17.5 Å². The van der Waals surface area contributed by atoms with Crippen molar-refractivity contribution in [2.75, 3.05) is 7.05 Å². The third-order valence-corrected chi connectivity index (χ3v) is 4.16. The fourth-order valence-corrected chi connectivity index (χ4v) is 2.96. The molecule has 18 heavy (non-hydrogen) atoms. The van der Waals surface area contributed by atoms with Gasteiger partial charge in [0.1, 0.15) is 12.4 Å². The van der Waals surface area contributed by atoms with Gasteiger partial charge in [-0.15, -0.1) is 11.3 Å². The van der Waals surface area contributed by atoms with Crippen LogP contribution in [0.2, 0.25) is 0 Å². The highest BCUT2D eigenvalue weighted by Crippen LogP contribution is 2.33. The largest absolute Gasteiger partial charge is 0.488 e. The maximum Gasteiger partial charge on any atom is 0.124 e. The smallest absolute Gasteiger partial charge is 0.124 e. The highest BCUT2D eigenvalue weighted by Gasteiger charge is 2.20. The Morgan fingerprint density at radius 1 is 1.50 bits per heavy atom. The Morgan fingerprint density at radius 3 is 3.22 bits per heavy atom. The molecule has 0 aliphatic heterocycles. The molecule has 2 aromatic rings. The van der Waals surface area contributed by atoms with E-state index in [-0.39, 0.29) is 0 Å². The summed E-state index contributed by atoms with van der Waals surface area (Å²) in [7, 11) is 2.02. The Morgan fingerprint density at radius 2 is 2.44 bits per heavy atom. The van der Waals surface area contributed by atoms with Crippen molar-refractivity contribution in [3.63, 3.8) is 0 Å². The van der Waals surface area contributed by atoms with Crippen molar-refractivity contribution in [2.45, 2.75) is 25.5 Å². The molecule has 3 rings (SSSR count). The van der Waals surface area contributed by atoms with E-state index in [9.17, 15) is 0 Å². The van der Waals surface area contributed by atoms with E-state index < -0.39 is 0 Å². The van der Waals surface area contributed by atoms with Crippen LogP contribution >= 0.6 is 11.3 Å². The first-order valence-corrected chi connectivity index (χ1v) is 7.05. The van der Waals surface area contributed by atoms with Crippen LogP contribution < -0.4 is 10.1 Å². The molecule has 1 N–H and O–H groups in total. The third-order valence-electron chi connectivity index (χ3n) is 3.41. The zero-order valence-electron chi connectivity index (χ0n) is 10.3. The van der Waals surface area contributed by atoms with Crippen LogP contribution in [0, 0.1) is 0 Å². The second-order valence-corrected chi connectivity index (χ2v) is 5.47. The molecule has 1 aromatic heterocycles. The fourth-order valence-electron chi connectivity index (χ4n) is 2.45. The van der Waals surface area contributed by atoms with Crippen molar-refractivity contribution in [3.05, 3.63) is 45.9 Å². The maximum atomic E-state index is 5.79. The predicted molar refractivity (Wildman–Crippen MR) is 73.0 cm³/mol. The first kappa shape index (κ1) is 11.7. The average Bonchev–Trinajstić information content (AvgIpc) is 3.05. The van der Waals surface area contributed by atoms with Crippen LogP contribution in [0.3, 0.4) is 0 Å². The van der Waals surface area contributed by atoms with Crippen LogP contribution in [-0.4, -0.2) is 12.0 Å². The lowest BCUT2D eigenvalue weighted by atomic mass is 10.1. The van der Waals surface area contributed by atoms with Crippen molar-refractivity contribution in [2.24, 2.45) is 0 Å². The summed E-state index contributed by atoms with van der Waals surface area (Å²) >= 11 is 1.63. The molecular formula is C14H16N2OS. The van der Waals surface area contributed by atoms with E-state index in [4.69, 9.17) is 4.74 Å². The standard InChI is InChI=1S/C14H16N2OS/c1-15-14-5-2-10-6-11(3-4-13(10)14)17-8-12-7-16-9-18-12/h3-4,6-7,9,14-15H,2,5,8H2,1H3. The van der Waals surface area contributed by atoms with Crippen molar-refractivity contribution < 1.29 is 4.74 Å². The molecule has 3 nitrogen and oxygen atoms in total. The van der Waals surface area contributed by atoms with Crippen LogP contribution in [0.25, 0.3) is 0 Å². The third kappa shape index (κ3) is 2.26. The predicted octanol–water partition coefficient (Wildman–Crippen LogP) is 2.93. The average molecular weight is 260 g/mol. The van der Waals surface area contributed by atoms with Gasteiger partial charge in [-0.3, -0.25) is 4.98 Å². The summed E-state index contributed by atoms with van der Waals surface area (Å²) < 4.78 is 5.79. The Balaban J connectivity index is 1.71. The number of aryl methyl sites for hydroxylation is 1. The molecule has 0 bridgehead atoms. The lowest BCUT2D eigenvalue weighted by Gasteiger charge is -2.11. The van der Waals surface area contributed by atoms with Gasteiger partial charge in [0.2, 0.25) is 0 Å². The van der Waals surface area contributed by atoms with Crippen molar-refractivity contribution in [1.82, 2.24) is 10.3 Å². The van der Waals surface area contributed by atoms with Gasteiger partial charge in [0, 0.05) is 12.2 Å². The van der Waals surface area contributed by atoms with Gasteiger partial charge in [-0.05, 0) is 43.1 Å². The summed E-state index contributed by atoms with van der Waals surface area (Å²) in [5.41, 5.74) is 4.66. The molecular weight excluding hydrogens is 244 g/mol. The van der Waals surface area contributed by atoms with E-state index in [1.54, 1.807) is 11.3 Å². The molecule has 0 spiro atoms. The SMILES string of the molecule is CNC1CCc2cc(OCc3cncs3)ccc21. The van der Waals surface area contributed by atoms with Gasteiger partial charge in [0.25, 0.3) is 0 Å². The molecule has 1 aliphatic rings. The first-order chi connectivity index (χ1) is 8.86. The number of nitrogens with zero attached hydrogens (tertiary/aromatic N) is 1. The van der Waals surface area contributed by atoms with Crippen LogP contribution in [0.15, 0.2) is 29.9 Å². The van der Waals surface area contributed by atoms with Gasteiger partial charge in [-0.1, -0.05) is 6.07 Å². The number of nitrogens with one attached hydrogen (secondary N) is 1. The van der Waals surface area contributed by atoms with Gasteiger partial charge >= 0.3 is 0 Å². The molecule has 0 fully saturated rings. The van der Waals surface area contributed by atoms with E-state index in [0.717, 1.165) is 17.0 Å². The molecule has 1 unspecified atom stereocenters. The molecule has 0 amide bonds. The van der Waals surface area contributed by atoms with Crippen molar-refractivity contribution in [3.8, 4) is 5.75 Å². The molecule has 1 aromatic carbocycles. The van der Waals surface area contributed by atoms with Crippen LogP contribution in [0.1, 0.15) is 28.5 Å². The van der Waals surface area contributed by atoms with E-state index in [1.807, 2.05) is 18.8 Å². The summed E-state index contributed by atoms with van der Waals surface area (Å²) in [6.07, 6.45) is 4.18. The summed E-state index contributed by atoms with van der Waals surface area (Å²) in [5, 5.41) is 3.35. The number of rotatable bonds is 4. The number of hydrogen-bond acceptors (Lipinski definition) is 4. The minimum absolute atomic E-state index is 0.510. The van der Waals surface area contributed by atoms with Gasteiger partial charge in [-0.25, -0.2) is 0 Å². The lowest BCUT2D eigenvalue weighted by molar-refractivity contribution is 0.309. The summed E-state index contributed by atoms with van der Waals surface area (Å²) in [5.74, 6) is 0.957. The van der Waals surface area contributed by atoms with E-state index in [0.29, 0.717) is 12.6 Å². The highest BCUT2D eigenvalue weighted by atomic mass is 32.1. The Labute approximate surface area is 111 Å². The number of ether oxygens (including phenoxy) is 1.